The average molecular weight is 356 g/mol. The Morgan fingerprint density at radius 1 is 1.26 bits per heavy atom. The molecule has 0 saturated heterocycles. The summed E-state index contributed by atoms with van der Waals surface area (Å²) in [5.74, 6) is 0.902. The number of hydrogen-bond acceptors (Lipinski definition) is 5. The summed E-state index contributed by atoms with van der Waals surface area (Å²) < 4.78 is 22.9. The molecule has 0 amide bonds. The van der Waals surface area contributed by atoms with Gasteiger partial charge in [-0.05, 0) is 43.7 Å². The predicted octanol–water partition coefficient (Wildman–Crippen LogP) is 4.49. The second-order valence-electron chi connectivity index (χ2n) is 4.67. The number of rotatable bonds is 6. The monoisotopic (exact) mass is 355 g/mol. The van der Waals surface area contributed by atoms with E-state index in [1.807, 2.05) is 0 Å². The van der Waals surface area contributed by atoms with Crippen LogP contribution < -0.4 is 10.0 Å². The van der Waals surface area contributed by atoms with Crippen molar-refractivity contribution in [3.63, 3.8) is 0 Å². The number of benzene rings is 2. The van der Waals surface area contributed by atoms with Gasteiger partial charge in [0.15, 0.2) is 0 Å². The first-order chi connectivity index (χ1) is 10.9. The Morgan fingerprint density at radius 3 is 2.48 bits per heavy atom. The molecular formula is C15H15ClNO5P. The zero-order valence-electron chi connectivity index (χ0n) is 12.5. The normalized spacial score (nSPS) is 12.0. The van der Waals surface area contributed by atoms with Crippen molar-refractivity contribution in [2.24, 2.45) is 0 Å². The maximum Gasteiger partial charge on any atom is 0.282 e. The van der Waals surface area contributed by atoms with Crippen LogP contribution >= 0.6 is 19.6 Å². The summed E-state index contributed by atoms with van der Waals surface area (Å²) in [6.07, 6.45) is 0. The molecule has 0 fully saturated rings. The molecule has 0 aliphatic rings. The molecule has 0 N–H and O–H groups in total. The van der Waals surface area contributed by atoms with Gasteiger partial charge in [0, 0.05) is 17.2 Å². The number of nitro benzene ring substituents is 1. The summed E-state index contributed by atoms with van der Waals surface area (Å²) in [6.45, 7) is 3.56. The van der Waals surface area contributed by atoms with E-state index in [1.54, 1.807) is 38.1 Å². The highest BCUT2D eigenvalue weighted by Gasteiger charge is 2.22. The molecule has 0 heterocycles. The first-order valence-corrected chi connectivity index (χ1v) is 8.51. The van der Waals surface area contributed by atoms with Crippen molar-refractivity contribution in [1.82, 2.24) is 0 Å². The van der Waals surface area contributed by atoms with Crippen LogP contribution in [0.15, 0.2) is 36.4 Å². The van der Waals surface area contributed by atoms with Crippen LogP contribution in [0.5, 0.6) is 11.5 Å². The topological polar surface area (TPSA) is 78.7 Å². The van der Waals surface area contributed by atoms with Gasteiger partial charge in [0.1, 0.15) is 16.8 Å². The minimum absolute atomic E-state index is 0.0383. The van der Waals surface area contributed by atoms with Crippen LogP contribution in [0.3, 0.4) is 0 Å². The van der Waals surface area contributed by atoms with Crippen molar-refractivity contribution in [3.8, 4) is 11.5 Å². The third kappa shape index (κ3) is 4.32. The van der Waals surface area contributed by atoms with E-state index in [-0.39, 0.29) is 17.6 Å². The Kier molecular flexibility index (Phi) is 5.77. The smallest absolute Gasteiger partial charge is 0.282 e. The van der Waals surface area contributed by atoms with Gasteiger partial charge in [-0.25, -0.2) is 0 Å². The van der Waals surface area contributed by atoms with Gasteiger partial charge in [-0.1, -0.05) is 11.6 Å². The van der Waals surface area contributed by atoms with E-state index in [4.69, 9.17) is 20.9 Å². The van der Waals surface area contributed by atoms with Crippen molar-refractivity contribution in [2.75, 3.05) is 6.61 Å². The van der Waals surface area contributed by atoms with E-state index in [9.17, 15) is 14.7 Å². The van der Waals surface area contributed by atoms with Gasteiger partial charge >= 0.3 is 0 Å². The Morgan fingerprint density at radius 2 is 1.91 bits per heavy atom. The van der Waals surface area contributed by atoms with Gasteiger partial charge in [-0.2, -0.15) is 0 Å². The summed E-state index contributed by atoms with van der Waals surface area (Å²) in [5, 5.41) is 11.8. The van der Waals surface area contributed by atoms with Crippen LogP contribution in [-0.2, 0) is 9.09 Å². The molecule has 0 spiro atoms. The lowest BCUT2D eigenvalue weighted by Gasteiger charge is -2.11. The number of aryl methyl sites for hydroxylation is 1. The quantitative estimate of drug-likeness (QED) is 0.433. The lowest BCUT2D eigenvalue weighted by molar-refractivity contribution is -0.383. The second kappa shape index (κ2) is 7.59. The molecule has 0 saturated carbocycles. The highest BCUT2D eigenvalue weighted by molar-refractivity contribution is 7.48. The van der Waals surface area contributed by atoms with E-state index >= 15 is 0 Å². The van der Waals surface area contributed by atoms with E-state index in [2.05, 4.69) is 0 Å². The molecule has 2 rings (SSSR count). The molecule has 6 nitrogen and oxygen atoms in total. The number of halogens is 1. The van der Waals surface area contributed by atoms with Crippen molar-refractivity contribution < 1.29 is 18.7 Å². The molecule has 0 aromatic heterocycles. The fraction of sp³-hybridized carbons (Fsp3) is 0.200. The van der Waals surface area contributed by atoms with Crippen LogP contribution in [0.4, 0.5) is 5.69 Å². The van der Waals surface area contributed by atoms with Gasteiger partial charge in [0.2, 0.25) is 8.03 Å². The van der Waals surface area contributed by atoms with E-state index < -0.39 is 13.0 Å². The fourth-order valence-electron chi connectivity index (χ4n) is 1.94. The minimum Gasteiger partial charge on any atom is -0.457 e. The molecule has 122 valence electrons. The summed E-state index contributed by atoms with van der Waals surface area (Å²) in [4.78, 5) is 10.6. The molecule has 8 heteroatoms. The van der Waals surface area contributed by atoms with Crippen LogP contribution in [-0.4, -0.2) is 11.5 Å². The fourth-order valence-corrected chi connectivity index (χ4v) is 3.10. The molecule has 23 heavy (non-hydrogen) atoms. The Hall–Kier alpha value is -1.88. The Balaban J connectivity index is 2.43. The number of hydrogen-bond donors (Lipinski definition) is 0. The van der Waals surface area contributed by atoms with E-state index in [0.717, 1.165) is 0 Å². The highest BCUT2D eigenvalue weighted by Crippen LogP contribution is 2.34. The Labute approximate surface area is 139 Å². The van der Waals surface area contributed by atoms with Crippen molar-refractivity contribution in [2.45, 2.75) is 13.8 Å². The first-order valence-electron chi connectivity index (χ1n) is 6.82. The number of nitro groups is 1. The van der Waals surface area contributed by atoms with E-state index in [0.29, 0.717) is 22.1 Å². The number of nitrogens with zero attached hydrogens (tertiary/aromatic N) is 1. The molecule has 0 aliphatic heterocycles. The minimum atomic E-state index is -2.72. The number of ether oxygens (including phenoxy) is 1. The summed E-state index contributed by atoms with van der Waals surface area (Å²) in [5.41, 5.74) is 0.324. The lowest BCUT2D eigenvalue weighted by atomic mass is 10.2. The Bertz CT molecular complexity index is 748. The molecule has 0 bridgehead atoms. The van der Waals surface area contributed by atoms with Crippen LogP contribution in [0.2, 0.25) is 5.02 Å². The first kappa shape index (κ1) is 17.5. The standard InChI is InChI=1S/C15H15ClNO5P/c1-3-21-23(20)15-9-14(10(2)8-13(15)17(18)19)22-12-6-4-11(16)5-7-12/h4-9,23H,3H2,1-2H3. The average Bonchev–Trinajstić information content (AvgIpc) is 2.51. The highest BCUT2D eigenvalue weighted by atomic mass is 35.5. The van der Waals surface area contributed by atoms with Crippen molar-refractivity contribution in [3.05, 3.63) is 57.1 Å². The molecule has 0 aliphatic carbocycles. The summed E-state index contributed by atoms with van der Waals surface area (Å²) in [6, 6.07) is 9.42. The predicted molar refractivity (Wildman–Crippen MR) is 89.6 cm³/mol. The lowest BCUT2D eigenvalue weighted by Crippen LogP contribution is -2.08. The maximum absolute atomic E-state index is 12.1. The van der Waals surface area contributed by atoms with Crippen molar-refractivity contribution >= 4 is 30.6 Å². The molecule has 1 unspecified atom stereocenters. The van der Waals surface area contributed by atoms with Crippen LogP contribution in [0, 0.1) is 17.0 Å². The summed E-state index contributed by atoms with van der Waals surface area (Å²) >= 11 is 5.82. The van der Waals surface area contributed by atoms with Crippen molar-refractivity contribution in [1.29, 1.82) is 0 Å². The molecule has 1 atom stereocenters. The molecule has 0 radical (unpaired) electrons. The van der Waals surface area contributed by atoms with Gasteiger partial charge in [-0.15, -0.1) is 0 Å². The van der Waals surface area contributed by atoms with Gasteiger partial charge in [0.05, 0.1) is 11.5 Å². The van der Waals surface area contributed by atoms with Crippen LogP contribution in [0.25, 0.3) is 0 Å². The summed E-state index contributed by atoms with van der Waals surface area (Å²) in [7, 11) is -2.72. The van der Waals surface area contributed by atoms with Gasteiger partial charge in [-0.3, -0.25) is 14.7 Å². The largest absolute Gasteiger partial charge is 0.457 e. The zero-order chi connectivity index (χ0) is 17.0. The molecule has 2 aromatic carbocycles. The second-order valence-corrected chi connectivity index (χ2v) is 6.51. The van der Waals surface area contributed by atoms with Gasteiger partial charge < -0.3 is 9.26 Å². The third-order valence-electron chi connectivity index (χ3n) is 3.03. The molecular weight excluding hydrogens is 341 g/mol. The van der Waals surface area contributed by atoms with Crippen LogP contribution in [0.1, 0.15) is 12.5 Å². The third-order valence-corrected chi connectivity index (χ3v) is 4.67. The van der Waals surface area contributed by atoms with Gasteiger partial charge in [0.25, 0.3) is 5.69 Å². The maximum atomic E-state index is 12.1. The SMILES string of the molecule is CCO[PH](=O)c1cc(Oc2ccc(Cl)cc2)c(C)cc1[N+](=O)[O-]. The van der Waals surface area contributed by atoms with E-state index in [1.165, 1.54) is 12.1 Å². The molecule has 2 aromatic rings. The zero-order valence-corrected chi connectivity index (χ0v) is 14.3.